The minimum atomic E-state index is -3.92. The summed E-state index contributed by atoms with van der Waals surface area (Å²) >= 11 is 0. The van der Waals surface area contributed by atoms with Crippen molar-refractivity contribution in [2.75, 3.05) is 6.54 Å². The number of sulfonamides is 1. The fraction of sp³-hybridized carbons (Fsp3) is 0.176. The molecule has 2 rings (SSSR count). The molecule has 0 aliphatic heterocycles. The molecular weight excluding hydrogens is 328 g/mol. The van der Waals surface area contributed by atoms with Crippen molar-refractivity contribution < 1.29 is 18.0 Å². The molecule has 0 saturated heterocycles. The van der Waals surface area contributed by atoms with Crippen molar-refractivity contribution in [2.24, 2.45) is 5.73 Å². The van der Waals surface area contributed by atoms with Crippen LogP contribution in [0, 0.1) is 0 Å². The van der Waals surface area contributed by atoms with Gasteiger partial charge in [-0.25, -0.2) is 8.42 Å². The summed E-state index contributed by atoms with van der Waals surface area (Å²) in [5.41, 5.74) is 6.35. The maximum Gasteiger partial charge on any atom is 0.243 e. The van der Waals surface area contributed by atoms with Crippen LogP contribution in [0.1, 0.15) is 22.8 Å². The van der Waals surface area contributed by atoms with E-state index in [2.05, 4.69) is 0 Å². The number of hydrogen-bond donors (Lipinski definition) is 1. The molecule has 0 aliphatic rings. The first kappa shape index (κ1) is 17.8. The average molecular weight is 346 g/mol. The minimum absolute atomic E-state index is 0.00433. The number of carbonyl (C=O) groups excluding carboxylic acids is 2. The van der Waals surface area contributed by atoms with E-state index < -0.39 is 22.5 Å². The molecule has 126 valence electrons. The van der Waals surface area contributed by atoms with E-state index >= 15 is 0 Å². The number of nitrogens with zero attached hydrogens (tertiary/aromatic N) is 1. The third-order valence-electron chi connectivity index (χ3n) is 3.43. The molecule has 0 fully saturated rings. The Morgan fingerprint density at radius 3 is 2.08 bits per heavy atom. The van der Waals surface area contributed by atoms with Crippen molar-refractivity contribution in [3.63, 3.8) is 0 Å². The highest BCUT2D eigenvalue weighted by molar-refractivity contribution is 7.89. The molecule has 6 nitrogen and oxygen atoms in total. The molecule has 0 spiro atoms. The second kappa shape index (κ2) is 7.37. The first-order chi connectivity index (χ1) is 11.3. The molecule has 0 heterocycles. The number of rotatable bonds is 7. The van der Waals surface area contributed by atoms with Crippen LogP contribution >= 0.6 is 0 Å². The Hall–Kier alpha value is -2.51. The first-order valence-corrected chi connectivity index (χ1v) is 8.68. The number of carbonyl (C=O) groups is 2. The largest absolute Gasteiger partial charge is 0.369 e. The maximum atomic E-state index is 12.8. The van der Waals surface area contributed by atoms with Gasteiger partial charge < -0.3 is 5.73 Å². The lowest BCUT2D eigenvalue weighted by atomic mass is 10.2. The predicted octanol–water partition coefficient (Wildman–Crippen LogP) is 1.57. The van der Waals surface area contributed by atoms with E-state index in [-0.39, 0.29) is 17.2 Å². The lowest BCUT2D eigenvalue weighted by Gasteiger charge is -2.21. The predicted molar refractivity (Wildman–Crippen MR) is 89.7 cm³/mol. The van der Waals surface area contributed by atoms with Crippen LogP contribution in [0.25, 0.3) is 0 Å². The second-order valence-corrected chi connectivity index (χ2v) is 7.24. The number of hydrogen-bond acceptors (Lipinski definition) is 4. The quantitative estimate of drug-likeness (QED) is 0.769. The molecule has 0 radical (unpaired) electrons. The molecule has 24 heavy (non-hydrogen) atoms. The van der Waals surface area contributed by atoms with Gasteiger partial charge in [0.15, 0.2) is 5.78 Å². The minimum Gasteiger partial charge on any atom is -0.369 e. The molecule has 0 atom stereocenters. The van der Waals surface area contributed by atoms with E-state index in [0.717, 1.165) is 9.87 Å². The molecule has 0 bridgehead atoms. The van der Waals surface area contributed by atoms with Gasteiger partial charge in [0.1, 0.15) is 0 Å². The zero-order valence-electron chi connectivity index (χ0n) is 13.2. The summed E-state index contributed by atoms with van der Waals surface area (Å²) in [6.07, 6.45) is 0. The number of amides is 1. The van der Waals surface area contributed by atoms with Gasteiger partial charge in [0.25, 0.3) is 0 Å². The Morgan fingerprint density at radius 2 is 1.58 bits per heavy atom. The van der Waals surface area contributed by atoms with Crippen molar-refractivity contribution >= 4 is 21.7 Å². The maximum absolute atomic E-state index is 12.8. The van der Waals surface area contributed by atoms with Crippen LogP contribution in [0.3, 0.4) is 0 Å². The van der Waals surface area contributed by atoms with Crippen LogP contribution in [-0.4, -0.2) is 31.0 Å². The molecule has 2 aromatic carbocycles. The van der Waals surface area contributed by atoms with E-state index in [9.17, 15) is 18.0 Å². The van der Waals surface area contributed by atoms with Crippen LogP contribution in [0.15, 0.2) is 59.5 Å². The molecule has 0 saturated carbocycles. The SMILES string of the molecule is CC(=O)c1ccc(S(=O)(=O)N(CC(N)=O)Cc2ccccc2)cc1. The van der Waals surface area contributed by atoms with Crippen molar-refractivity contribution in [1.29, 1.82) is 0 Å². The highest BCUT2D eigenvalue weighted by Crippen LogP contribution is 2.19. The summed E-state index contributed by atoms with van der Waals surface area (Å²) < 4.78 is 26.6. The first-order valence-electron chi connectivity index (χ1n) is 7.24. The Morgan fingerprint density at radius 1 is 1.00 bits per heavy atom. The van der Waals surface area contributed by atoms with E-state index in [1.54, 1.807) is 24.3 Å². The van der Waals surface area contributed by atoms with E-state index in [1.807, 2.05) is 6.07 Å². The number of primary amides is 1. The van der Waals surface area contributed by atoms with E-state index in [1.165, 1.54) is 31.2 Å². The molecule has 0 aliphatic carbocycles. The fourth-order valence-corrected chi connectivity index (χ4v) is 3.59. The van der Waals surface area contributed by atoms with Crippen LogP contribution in [0.4, 0.5) is 0 Å². The van der Waals surface area contributed by atoms with Crippen molar-refractivity contribution in [2.45, 2.75) is 18.4 Å². The molecule has 1 amide bonds. The van der Waals surface area contributed by atoms with Crippen LogP contribution in [0.2, 0.25) is 0 Å². The zero-order valence-corrected chi connectivity index (χ0v) is 14.0. The zero-order chi connectivity index (χ0) is 17.7. The lowest BCUT2D eigenvalue weighted by molar-refractivity contribution is -0.118. The van der Waals surface area contributed by atoms with E-state index in [4.69, 9.17) is 5.73 Å². The van der Waals surface area contributed by atoms with Crippen molar-refractivity contribution in [3.8, 4) is 0 Å². The Bertz CT molecular complexity index is 831. The van der Waals surface area contributed by atoms with Crippen LogP contribution in [-0.2, 0) is 21.4 Å². The molecule has 0 aromatic heterocycles. The van der Waals surface area contributed by atoms with Gasteiger partial charge in [-0.05, 0) is 24.6 Å². The van der Waals surface area contributed by atoms with Crippen LogP contribution in [0.5, 0.6) is 0 Å². The Kier molecular flexibility index (Phi) is 5.48. The molecular formula is C17H18N2O4S. The van der Waals surface area contributed by atoms with Crippen molar-refractivity contribution in [1.82, 2.24) is 4.31 Å². The Labute approximate surface area is 140 Å². The monoisotopic (exact) mass is 346 g/mol. The average Bonchev–Trinajstić information content (AvgIpc) is 2.55. The fourth-order valence-electron chi connectivity index (χ4n) is 2.20. The van der Waals surface area contributed by atoms with Gasteiger partial charge >= 0.3 is 0 Å². The lowest BCUT2D eigenvalue weighted by Crippen LogP contribution is -2.38. The summed E-state index contributed by atoms with van der Waals surface area (Å²) in [5, 5.41) is 0. The number of benzene rings is 2. The van der Waals surface area contributed by atoms with Gasteiger partial charge in [0, 0.05) is 12.1 Å². The normalized spacial score (nSPS) is 11.4. The van der Waals surface area contributed by atoms with Crippen molar-refractivity contribution in [3.05, 3.63) is 65.7 Å². The molecule has 0 unspecified atom stereocenters. The van der Waals surface area contributed by atoms with E-state index in [0.29, 0.717) is 5.56 Å². The molecule has 7 heteroatoms. The van der Waals surface area contributed by atoms with Crippen LogP contribution < -0.4 is 5.73 Å². The van der Waals surface area contributed by atoms with Gasteiger partial charge in [0.2, 0.25) is 15.9 Å². The topological polar surface area (TPSA) is 97.5 Å². The second-order valence-electron chi connectivity index (χ2n) is 5.31. The van der Waals surface area contributed by atoms with Gasteiger partial charge in [-0.2, -0.15) is 4.31 Å². The smallest absolute Gasteiger partial charge is 0.243 e. The Balaban J connectivity index is 2.35. The number of Topliss-reactive ketones (excluding diaryl/α,β-unsaturated/α-hetero) is 1. The third-order valence-corrected chi connectivity index (χ3v) is 5.24. The number of nitrogens with two attached hydrogens (primary N) is 1. The van der Waals surface area contributed by atoms with Gasteiger partial charge in [-0.3, -0.25) is 9.59 Å². The molecule has 2 aromatic rings. The summed E-state index contributed by atoms with van der Waals surface area (Å²) in [4.78, 5) is 22.6. The van der Waals surface area contributed by atoms with Gasteiger partial charge in [-0.15, -0.1) is 0 Å². The van der Waals surface area contributed by atoms with Gasteiger partial charge in [0.05, 0.1) is 11.4 Å². The van der Waals surface area contributed by atoms with Gasteiger partial charge in [-0.1, -0.05) is 42.5 Å². The highest BCUT2D eigenvalue weighted by atomic mass is 32.2. The summed E-state index contributed by atoms with van der Waals surface area (Å²) in [7, 11) is -3.92. The molecule has 2 N–H and O–H groups in total. The standard InChI is InChI=1S/C17H18N2O4S/c1-13(20)15-7-9-16(10-8-15)24(22,23)19(12-17(18)21)11-14-5-3-2-4-6-14/h2-10H,11-12H2,1H3,(H2,18,21). The number of ketones is 1. The summed E-state index contributed by atoms with van der Waals surface area (Å²) in [5.74, 6) is -0.896. The third kappa shape index (κ3) is 4.27. The summed E-state index contributed by atoms with van der Waals surface area (Å²) in [6, 6.07) is 14.5. The summed E-state index contributed by atoms with van der Waals surface area (Å²) in [6.45, 7) is 1.00. The highest BCUT2D eigenvalue weighted by Gasteiger charge is 2.26.